The topological polar surface area (TPSA) is 38.9 Å². The molecule has 0 atom stereocenters. The molecule has 5 heteroatoms. The van der Waals surface area contributed by atoms with Gasteiger partial charge in [0.15, 0.2) is 0 Å². The fourth-order valence-corrected chi connectivity index (χ4v) is 7.49. The number of hydrogen-bond donors (Lipinski definition) is 0. The largest absolute Gasteiger partial charge is 0.500 e. The third-order valence-electron chi connectivity index (χ3n) is 8.18. The molecular formula is C42H40IrN2OSi-2. The first-order valence-corrected chi connectivity index (χ1v) is 19.5. The monoisotopic (exact) mass is 809 g/mol. The van der Waals surface area contributed by atoms with E-state index in [9.17, 15) is 0 Å². The maximum atomic E-state index is 5.90. The molecule has 3 aromatic heterocycles. The minimum absolute atomic E-state index is 0. The van der Waals surface area contributed by atoms with Gasteiger partial charge in [0.05, 0.1) is 13.7 Å². The summed E-state index contributed by atoms with van der Waals surface area (Å²) in [6.07, 6.45) is 5.17. The van der Waals surface area contributed by atoms with Crippen molar-refractivity contribution >= 4 is 35.2 Å². The van der Waals surface area contributed by atoms with Gasteiger partial charge in [0.25, 0.3) is 0 Å². The summed E-state index contributed by atoms with van der Waals surface area (Å²) >= 11 is 0. The van der Waals surface area contributed by atoms with Crippen molar-refractivity contribution in [3.8, 4) is 33.6 Å². The summed E-state index contributed by atoms with van der Waals surface area (Å²) in [6, 6.07) is 41.6. The molecule has 3 nitrogen and oxygen atoms in total. The van der Waals surface area contributed by atoms with Gasteiger partial charge in [0.1, 0.15) is 5.58 Å². The quantitative estimate of drug-likeness (QED) is 0.124. The Morgan fingerprint density at radius 3 is 2.15 bits per heavy atom. The molecule has 7 aromatic rings. The molecule has 0 aliphatic rings. The van der Waals surface area contributed by atoms with E-state index in [1.807, 2.05) is 54.7 Å². The van der Waals surface area contributed by atoms with Crippen molar-refractivity contribution < 1.29 is 24.5 Å². The molecule has 0 unspecified atom stereocenters. The Kier molecular flexibility index (Phi) is 10.7. The number of benzene rings is 4. The van der Waals surface area contributed by atoms with Crippen molar-refractivity contribution in [2.24, 2.45) is 5.92 Å². The molecule has 0 N–H and O–H groups in total. The summed E-state index contributed by atoms with van der Waals surface area (Å²) in [5, 5.41) is 3.71. The molecule has 0 fully saturated rings. The van der Waals surface area contributed by atoms with E-state index in [-0.39, 0.29) is 20.1 Å². The Labute approximate surface area is 293 Å². The zero-order chi connectivity index (χ0) is 32.3. The van der Waals surface area contributed by atoms with Crippen molar-refractivity contribution in [1.29, 1.82) is 0 Å². The van der Waals surface area contributed by atoms with Crippen molar-refractivity contribution in [1.82, 2.24) is 9.97 Å². The number of furan rings is 1. The number of rotatable bonds is 6. The van der Waals surface area contributed by atoms with Crippen LogP contribution in [0.1, 0.15) is 25.0 Å². The number of hydrogen-bond acceptors (Lipinski definition) is 3. The summed E-state index contributed by atoms with van der Waals surface area (Å²) in [5.41, 5.74) is 10.8. The van der Waals surface area contributed by atoms with Gasteiger partial charge < -0.3 is 14.4 Å². The Bertz CT molecular complexity index is 2100. The first-order valence-electron chi connectivity index (χ1n) is 16.0. The molecule has 3 heterocycles. The smallest absolute Gasteiger partial charge is 0.120 e. The molecule has 0 aliphatic carbocycles. The number of nitrogens with zero attached hydrogens (tertiary/aromatic N) is 2. The summed E-state index contributed by atoms with van der Waals surface area (Å²) in [7, 11) is -1.34. The fraction of sp³-hybridized carbons (Fsp3) is 0.190. The van der Waals surface area contributed by atoms with Crippen LogP contribution in [-0.2, 0) is 26.5 Å². The molecule has 47 heavy (non-hydrogen) atoms. The predicted octanol–water partition coefficient (Wildman–Crippen LogP) is 10.7. The van der Waals surface area contributed by atoms with Crippen molar-refractivity contribution in [3.05, 3.63) is 139 Å². The summed E-state index contributed by atoms with van der Waals surface area (Å²) in [4.78, 5) is 9.33. The van der Waals surface area contributed by atoms with Crippen LogP contribution in [0.2, 0.25) is 19.6 Å². The van der Waals surface area contributed by atoms with E-state index in [0.717, 1.165) is 56.4 Å². The van der Waals surface area contributed by atoms with Gasteiger partial charge in [-0.1, -0.05) is 105 Å². The second-order valence-corrected chi connectivity index (χ2v) is 18.4. The Morgan fingerprint density at radius 2 is 1.43 bits per heavy atom. The number of pyridine rings is 2. The second-order valence-electron chi connectivity index (χ2n) is 13.3. The SMILES string of the molecule is CC(C)Cc1cc(-c2[c-]cccc2)ncc1[Si](C)(C)C.Cc1cnc(-c2[c-]cc3oc4ccccc4c3c2)cc1-c1ccccc1.[Ir]. The van der Waals surface area contributed by atoms with Crippen LogP contribution in [0, 0.1) is 25.0 Å². The summed E-state index contributed by atoms with van der Waals surface area (Å²) < 4.78 is 5.90. The molecule has 0 bridgehead atoms. The number of para-hydroxylation sites is 1. The minimum Gasteiger partial charge on any atom is -0.500 e. The maximum Gasteiger partial charge on any atom is 0.120 e. The van der Waals surface area contributed by atoms with E-state index >= 15 is 0 Å². The molecule has 7 rings (SSSR count). The normalized spacial score (nSPS) is 11.3. The standard InChI is InChI=1S/C24H16NO.C18H24NSi.Ir/c1-16-15-25-22(14-20(16)17-7-3-2-4-8-17)18-11-12-24-21(13-18)19-9-5-6-10-23(19)26-24;1-14(2)11-16-12-17(15-9-7-6-8-10-15)19-13-18(16)20(3,4)5;/h2-10,12-15H,1H3;6-9,12-14H,11H2,1-5H3;/q2*-1;. The van der Waals surface area contributed by atoms with Crippen LogP contribution in [0.25, 0.3) is 55.6 Å². The third-order valence-corrected chi connectivity index (χ3v) is 10.3. The van der Waals surface area contributed by atoms with Crippen LogP contribution >= 0.6 is 0 Å². The van der Waals surface area contributed by atoms with Crippen LogP contribution in [-0.4, -0.2) is 18.0 Å². The molecule has 4 aromatic carbocycles. The van der Waals surface area contributed by atoms with E-state index in [0.29, 0.717) is 5.92 Å². The molecular weight excluding hydrogens is 769 g/mol. The van der Waals surface area contributed by atoms with Crippen molar-refractivity contribution in [2.45, 2.75) is 46.8 Å². The Balaban J connectivity index is 0.000000188. The molecule has 239 valence electrons. The van der Waals surface area contributed by atoms with Crippen molar-refractivity contribution in [3.63, 3.8) is 0 Å². The van der Waals surface area contributed by atoms with E-state index in [1.165, 1.54) is 21.9 Å². The average molecular weight is 809 g/mol. The second kappa shape index (κ2) is 14.7. The van der Waals surface area contributed by atoms with E-state index in [2.05, 4.69) is 123 Å². The van der Waals surface area contributed by atoms with Gasteiger partial charge in [-0.05, 0) is 58.6 Å². The number of aryl methyl sites for hydroxylation is 1. The van der Waals surface area contributed by atoms with Gasteiger partial charge in [-0.25, -0.2) is 0 Å². The van der Waals surface area contributed by atoms with Crippen LogP contribution < -0.4 is 5.19 Å². The predicted molar refractivity (Wildman–Crippen MR) is 196 cm³/mol. The zero-order valence-electron chi connectivity index (χ0n) is 27.9. The first-order chi connectivity index (χ1) is 22.2. The van der Waals surface area contributed by atoms with Gasteiger partial charge in [0.2, 0.25) is 0 Å². The van der Waals surface area contributed by atoms with Crippen LogP contribution in [0.5, 0.6) is 0 Å². The van der Waals surface area contributed by atoms with E-state index < -0.39 is 8.07 Å². The molecule has 0 spiro atoms. The molecule has 0 saturated carbocycles. The zero-order valence-corrected chi connectivity index (χ0v) is 31.3. The molecule has 0 amide bonds. The number of fused-ring (bicyclic) bond motifs is 3. The van der Waals surface area contributed by atoms with E-state index in [4.69, 9.17) is 4.42 Å². The molecule has 0 saturated heterocycles. The van der Waals surface area contributed by atoms with Crippen LogP contribution in [0.15, 0.2) is 120 Å². The maximum absolute atomic E-state index is 5.90. The van der Waals surface area contributed by atoms with Crippen LogP contribution in [0.4, 0.5) is 0 Å². The van der Waals surface area contributed by atoms with Gasteiger partial charge >= 0.3 is 0 Å². The minimum atomic E-state index is -1.34. The number of aromatic nitrogens is 2. The Hall–Kier alpha value is -4.15. The Morgan fingerprint density at radius 1 is 0.723 bits per heavy atom. The molecule has 0 aliphatic heterocycles. The van der Waals surface area contributed by atoms with Gasteiger partial charge in [-0.3, -0.25) is 0 Å². The summed E-state index contributed by atoms with van der Waals surface area (Å²) in [6.45, 7) is 13.8. The first kappa shape index (κ1) is 34.2. The average Bonchev–Trinajstić information content (AvgIpc) is 3.43. The fourth-order valence-electron chi connectivity index (χ4n) is 5.90. The summed E-state index contributed by atoms with van der Waals surface area (Å²) in [5.74, 6) is 0.667. The van der Waals surface area contributed by atoms with E-state index in [1.54, 1.807) is 0 Å². The van der Waals surface area contributed by atoms with Gasteiger partial charge in [0, 0.05) is 37.9 Å². The van der Waals surface area contributed by atoms with Gasteiger partial charge in [-0.15, -0.1) is 59.7 Å². The third kappa shape index (κ3) is 7.88. The molecule has 1 radical (unpaired) electrons. The van der Waals surface area contributed by atoms with Crippen LogP contribution in [0.3, 0.4) is 0 Å². The van der Waals surface area contributed by atoms with Crippen molar-refractivity contribution in [2.75, 3.05) is 0 Å². The van der Waals surface area contributed by atoms with Gasteiger partial charge in [-0.2, -0.15) is 0 Å².